The lowest BCUT2D eigenvalue weighted by atomic mass is 10.3. The van der Waals surface area contributed by atoms with Gasteiger partial charge in [0.25, 0.3) is 0 Å². The SMILES string of the molecule is CCN(CC)CCOC(=O)N1CCN(C=O)CC1. The van der Waals surface area contributed by atoms with Crippen LogP contribution in [0.3, 0.4) is 0 Å². The van der Waals surface area contributed by atoms with Crippen molar-refractivity contribution >= 4 is 12.5 Å². The molecule has 0 unspecified atom stereocenters. The summed E-state index contributed by atoms with van der Waals surface area (Å²) in [5.41, 5.74) is 0. The van der Waals surface area contributed by atoms with Gasteiger partial charge in [0, 0.05) is 32.7 Å². The van der Waals surface area contributed by atoms with Crippen molar-refractivity contribution in [3.8, 4) is 0 Å². The molecule has 1 aliphatic heterocycles. The highest BCUT2D eigenvalue weighted by atomic mass is 16.6. The van der Waals surface area contributed by atoms with E-state index in [1.807, 2.05) is 0 Å². The highest BCUT2D eigenvalue weighted by Gasteiger charge is 2.21. The van der Waals surface area contributed by atoms with Crippen LogP contribution >= 0.6 is 0 Å². The van der Waals surface area contributed by atoms with Crippen LogP contribution in [0.5, 0.6) is 0 Å². The molecule has 1 fully saturated rings. The predicted octanol–water partition coefficient (Wildman–Crippen LogP) is 0.239. The molecule has 1 rings (SSSR count). The van der Waals surface area contributed by atoms with Gasteiger partial charge in [-0.2, -0.15) is 0 Å². The first kappa shape index (κ1) is 14.8. The molecule has 6 nitrogen and oxygen atoms in total. The summed E-state index contributed by atoms with van der Waals surface area (Å²) in [5.74, 6) is 0. The number of hydrogen-bond acceptors (Lipinski definition) is 4. The second-order valence-electron chi connectivity index (χ2n) is 4.27. The number of rotatable bonds is 6. The smallest absolute Gasteiger partial charge is 0.409 e. The van der Waals surface area contributed by atoms with Crippen LogP contribution in [-0.4, -0.2) is 79.6 Å². The lowest BCUT2D eigenvalue weighted by Crippen LogP contribution is -2.48. The maximum atomic E-state index is 11.7. The van der Waals surface area contributed by atoms with E-state index in [9.17, 15) is 9.59 Å². The molecule has 6 heteroatoms. The van der Waals surface area contributed by atoms with Crippen molar-refractivity contribution in [1.29, 1.82) is 0 Å². The van der Waals surface area contributed by atoms with Gasteiger partial charge in [0.05, 0.1) is 0 Å². The topological polar surface area (TPSA) is 53.1 Å². The third-order valence-corrected chi connectivity index (χ3v) is 3.25. The number of hydrogen-bond donors (Lipinski definition) is 0. The maximum absolute atomic E-state index is 11.7. The normalized spacial score (nSPS) is 15.9. The molecule has 0 N–H and O–H groups in total. The molecule has 0 aliphatic carbocycles. The molecule has 1 heterocycles. The monoisotopic (exact) mass is 257 g/mol. The van der Waals surface area contributed by atoms with Gasteiger partial charge in [-0.15, -0.1) is 0 Å². The van der Waals surface area contributed by atoms with Crippen LogP contribution in [0.25, 0.3) is 0 Å². The van der Waals surface area contributed by atoms with Gasteiger partial charge in [-0.05, 0) is 13.1 Å². The molecule has 104 valence electrons. The third kappa shape index (κ3) is 4.52. The molecular formula is C12H23N3O3. The molecular weight excluding hydrogens is 234 g/mol. The van der Waals surface area contributed by atoms with Gasteiger partial charge in [-0.25, -0.2) is 4.79 Å². The summed E-state index contributed by atoms with van der Waals surface area (Å²) in [7, 11) is 0. The summed E-state index contributed by atoms with van der Waals surface area (Å²) in [6, 6.07) is 0. The van der Waals surface area contributed by atoms with E-state index in [-0.39, 0.29) is 6.09 Å². The Labute approximate surface area is 108 Å². The second-order valence-corrected chi connectivity index (χ2v) is 4.27. The summed E-state index contributed by atoms with van der Waals surface area (Å²) in [6.07, 6.45) is 0.552. The Morgan fingerprint density at radius 1 is 1.22 bits per heavy atom. The first-order valence-electron chi connectivity index (χ1n) is 6.54. The van der Waals surface area contributed by atoms with Crippen molar-refractivity contribution in [2.24, 2.45) is 0 Å². The zero-order chi connectivity index (χ0) is 13.4. The number of ether oxygens (including phenoxy) is 1. The Hall–Kier alpha value is -1.30. The number of likely N-dealkylation sites (N-methyl/N-ethyl adjacent to an activating group) is 1. The number of piperazine rings is 1. The summed E-state index contributed by atoms with van der Waals surface area (Å²) >= 11 is 0. The van der Waals surface area contributed by atoms with Gasteiger partial charge >= 0.3 is 6.09 Å². The zero-order valence-electron chi connectivity index (χ0n) is 11.3. The molecule has 0 spiro atoms. The molecule has 0 aromatic carbocycles. The van der Waals surface area contributed by atoms with Gasteiger partial charge in [0.2, 0.25) is 6.41 Å². The molecule has 1 aliphatic rings. The first-order valence-corrected chi connectivity index (χ1v) is 6.54. The number of nitrogens with zero attached hydrogens (tertiary/aromatic N) is 3. The Morgan fingerprint density at radius 3 is 2.33 bits per heavy atom. The van der Waals surface area contributed by atoms with Crippen molar-refractivity contribution in [1.82, 2.24) is 14.7 Å². The molecule has 0 bridgehead atoms. The van der Waals surface area contributed by atoms with Gasteiger partial charge in [-0.1, -0.05) is 13.8 Å². The lowest BCUT2D eigenvalue weighted by Gasteiger charge is -2.31. The van der Waals surface area contributed by atoms with Gasteiger partial charge in [-0.3, -0.25) is 4.79 Å². The van der Waals surface area contributed by atoms with Crippen molar-refractivity contribution < 1.29 is 14.3 Å². The zero-order valence-corrected chi connectivity index (χ0v) is 11.3. The van der Waals surface area contributed by atoms with Crippen LogP contribution in [0.2, 0.25) is 0 Å². The van der Waals surface area contributed by atoms with Crippen molar-refractivity contribution in [2.75, 3.05) is 52.4 Å². The Balaban J connectivity index is 2.19. The van der Waals surface area contributed by atoms with Crippen LogP contribution in [0, 0.1) is 0 Å². The van der Waals surface area contributed by atoms with Crippen LogP contribution in [0.4, 0.5) is 4.79 Å². The third-order valence-electron chi connectivity index (χ3n) is 3.25. The quantitative estimate of drug-likeness (QED) is 0.640. The summed E-state index contributed by atoms with van der Waals surface area (Å²) in [4.78, 5) is 27.8. The van der Waals surface area contributed by atoms with Crippen LogP contribution in [-0.2, 0) is 9.53 Å². The van der Waals surface area contributed by atoms with Crippen molar-refractivity contribution in [3.63, 3.8) is 0 Å². The molecule has 0 saturated carbocycles. The molecule has 0 atom stereocenters. The molecule has 0 aromatic rings. The summed E-state index contributed by atoms with van der Waals surface area (Å²) in [6.45, 7) is 9.60. The number of amides is 2. The van der Waals surface area contributed by atoms with Crippen molar-refractivity contribution in [2.45, 2.75) is 13.8 Å². The Morgan fingerprint density at radius 2 is 1.83 bits per heavy atom. The average molecular weight is 257 g/mol. The Bertz CT molecular complexity index is 261. The van der Waals surface area contributed by atoms with Crippen LogP contribution < -0.4 is 0 Å². The lowest BCUT2D eigenvalue weighted by molar-refractivity contribution is -0.119. The van der Waals surface area contributed by atoms with E-state index >= 15 is 0 Å². The fourth-order valence-electron chi connectivity index (χ4n) is 1.90. The van der Waals surface area contributed by atoms with Gasteiger partial charge < -0.3 is 19.4 Å². The highest BCUT2D eigenvalue weighted by molar-refractivity contribution is 5.68. The fraction of sp³-hybridized carbons (Fsp3) is 0.833. The average Bonchev–Trinajstić information content (AvgIpc) is 2.43. The van der Waals surface area contributed by atoms with E-state index in [0.29, 0.717) is 32.8 Å². The first-order chi connectivity index (χ1) is 8.71. The minimum Gasteiger partial charge on any atom is -0.448 e. The molecule has 18 heavy (non-hydrogen) atoms. The van der Waals surface area contributed by atoms with E-state index in [1.54, 1.807) is 9.80 Å². The summed E-state index contributed by atoms with van der Waals surface area (Å²) in [5, 5.41) is 0. The number of carbonyl (C=O) groups is 2. The van der Waals surface area contributed by atoms with Crippen LogP contribution in [0.1, 0.15) is 13.8 Å². The van der Waals surface area contributed by atoms with Gasteiger partial charge in [0.15, 0.2) is 0 Å². The fourth-order valence-corrected chi connectivity index (χ4v) is 1.90. The van der Waals surface area contributed by atoms with Crippen LogP contribution in [0.15, 0.2) is 0 Å². The van der Waals surface area contributed by atoms with E-state index in [4.69, 9.17) is 4.74 Å². The molecule has 0 radical (unpaired) electrons. The minimum atomic E-state index is -0.271. The van der Waals surface area contributed by atoms with Crippen molar-refractivity contribution in [3.05, 3.63) is 0 Å². The Kier molecular flexibility index (Phi) is 6.49. The van der Waals surface area contributed by atoms with E-state index in [0.717, 1.165) is 26.0 Å². The minimum absolute atomic E-state index is 0.271. The summed E-state index contributed by atoms with van der Waals surface area (Å²) < 4.78 is 5.22. The second kappa shape index (κ2) is 7.92. The largest absolute Gasteiger partial charge is 0.448 e. The number of carbonyl (C=O) groups excluding carboxylic acids is 2. The highest BCUT2D eigenvalue weighted by Crippen LogP contribution is 2.02. The van der Waals surface area contributed by atoms with E-state index in [1.165, 1.54) is 0 Å². The molecule has 1 saturated heterocycles. The predicted molar refractivity (Wildman–Crippen MR) is 68.3 cm³/mol. The van der Waals surface area contributed by atoms with Gasteiger partial charge in [0.1, 0.15) is 6.61 Å². The van der Waals surface area contributed by atoms with E-state index < -0.39 is 0 Å². The maximum Gasteiger partial charge on any atom is 0.409 e. The van der Waals surface area contributed by atoms with E-state index in [2.05, 4.69) is 18.7 Å². The molecule has 0 aromatic heterocycles. The standard InChI is InChI=1S/C12H23N3O3/c1-3-13(4-2)9-10-18-12(17)15-7-5-14(11-16)6-8-15/h11H,3-10H2,1-2H3. The molecule has 2 amide bonds.